The molecule has 0 spiro atoms. The van der Waals surface area contributed by atoms with Gasteiger partial charge in [-0.15, -0.1) is 0 Å². The molecule has 1 heterocycles. The smallest absolute Gasteiger partial charge is 0.245 e. The predicted octanol–water partition coefficient (Wildman–Crippen LogP) is 1.68. The predicted molar refractivity (Wildman–Crippen MR) is 67.9 cm³/mol. The summed E-state index contributed by atoms with van der Waals surface area (Å²) in [4.78, 5) is -0.00907. The first-order chi connectivity index (χ1) is 8.32. The maximum absolute atomic E-state index is 12.9. The van der Waals surface area contributed by atoms with Crippen molar-refractivity contribution in [3.63, 3.8) is 0 Å². The summed E-state index contributed by atoms with van der Waals surface area (Å²) in [6.07, 6.45) is 0. The molecule has 1 aliphatic heterocycles. The molecule has 0 radical (unpaired) electrons. The van der Waals surface area contributed by atoms with Crippen molar-refractivity contribution in [2.45, 2.75) is 18.7 Å². The van der Waals surface area contributed by atoms with Gasteiger partial charge in [-0.1, -0.05) is 13.8 Å². The lowest BCUT2D eigenvalue weighted by Gasteiger charge is -2.17. The Bertz CT molecular complexity index is 549. The number of nitrogens with two attached hydrogens (primary N) is 1. The van der Waals surface area contributed by atoms with E-state index in [0.717, 1.165) is 12.1 Å². The van der Waals surface area contributed by atoms with Crippen LogP contribution in [-0.2, 0) is 10.0 Å². The van der Waals surface area contributed by atoms with Gasteiger partial charge in [-0.3, -0.25) is 0 Å². The lowest BCUT2D eigenvalue weighted by molar-refractivity contribution is 0.463. The van der Waals surface area contributed by atoms with Crippen LogP contribution in [0.3, 0.4) is 0 Å². The molecule has 6 heteroatoms. The quantitative estimate of drug-likeness (QED) is 0.833. The molecule has 1 aromatic rings. The first-order valence-corrected chi connectivity index (χ1v) is 7.31. The molecule has 1 saturated heterocycles. The maximum atomic E-state index is 12.9. The van der Waals surface area contributed by atoms with Crippen LogP contribution in [0.25, 0.3) is 0 Å². The molecule has 1 aliphatic rings. The van der Waals surface area contributed by atoms with Crippen molar-refractivity contribution in [2.24, 2.45) is 11.8 Å². The summed E-state index contributed by atoms with van der Waals surface area (Å²) in [7, 11) is -3.61. The highest BCUT2D eigenvalue weighted by Crippen LogP contribution is 2.30. The number of anilines is 1. The van der Waals surface area contributed by atoms with Crippen LogP contribution in [0.15, 0.2) is 23.1 Å². The van der Waals surface area contributed by atoms with Crippen LogP contribution in [0.2, 0.25) is 0 Å². The number of rotatable bonds is 2. The molecule has 4 nitrogen and oxygen atoms in total. The van der Waals surface area contributed by atoms with Crippen molar-refractivity contribution >= 4 is 15.7 Å². The highest BCUT2D eigenvalue weighted by Gasteiger charge is 2.35. The Morgan fingerprint density at radius 1 is 1.28 bits per heavy atom. The van der Waals surface area contributed by atoms with Crippen LogP contribution < -0.4 is 5.73 Å². The molecule has 0 bridgehead atoms. The first kappa shape index (κ1) is 13.3. The van der Waals surface area contributed by atoms with Gasteiger partial charge < -0.3 is 5.73 Å². The Morgan fingerprint density at radius 2 is 1.83 bits per heavy atom. The van der Waals surface area contributed by atoms with Crippen LogP contribution in [0.1, 0.15) is 13.8 Å². The topological polar surface area (TPSA) is 63.4 Å². The van der Waals surface area contributed by atoms with Crippen molar-refractivity contribution in [2.75, 3.05) is 18.8 Å². The molecular weight excluding hydrogens is 255 g/mol. The SMILES string of the molecule is CC1CN(S(=O)(=O)c2ccc(F)cc2N)CC1C. The van der Waals surface area contributed by atoms with Crippen molar-refractivity contribution < 1.29 is 12.8 Å². The third-order valence-electron chi connectivity index (χ3n) is 3.54. The minimum absolute atomic E-state index is 0.00907. The fourth-order valence-corrected chi connectivity index (χ4v) is 3.90. The standard InChI is InChI=1S/C12H17FN2O2S/c1-8-6-15(7-9(8)2)18(16,17)12-4-3-10(13)5-11(12)14/h3-5,8-9H,6-7,14H2,1-2H3. The van der Waals surface area contributed by atoms with Crippen LogP contribution in [0.4, 0.5) is 10.1 Å². The summed E-state index contributed by atoms with van der Waals surface area (Å²) in [6.45, 7) is 5.02. The van der Waals surface area contributed by atoms with E-state index in [1.165, 1.54) is 10.4 Å². The minimum atomic E-state index is -3.61. The van der Waals surface area contributed by atoms with Gasteiger partial charge in [0.25, 0.3) is 0 Å². The number of sulfonamides is 1. The molecule has 100 valence electrons. The van der Waals surface area contributed by atoms with Gasteiger partial charge in [-0.2, -0.15) is 4.31 Å². The molecule has 0 aliphatic carbocycles. The van der Waals surface area contributed by atoms with Crippen molar-refractivity contribution in [1.82, 2.24) is 4.31 Å². The second-order valence-corrected chi connectivity index (χ2v) is 6.87. The van der Waals surface area contributed by atoms with E-state index in [2.05, 4.69) is 0 Å². The number of hydrogen-bond acceptors (Lipinski definition) is 3. The summed E-state index contributed by atoms with van der Waals surface area (Å²) in [5.41, 5.74) is 5.56. The lowest BCUT2D eigenvalue weighted by atomic mass is 10.0. The van der Waals surface area contributed by atoms with E-state index in [1.54, 1.807) is 0 Å². The van der Waals surface area contributed by atoms with Gasteiger partial charge in [-0.05, 0) is 30.0 Å². The Hall–Kier alpha value is -1.14. The molecule has 0 saturated carbocycles. The molecule has 0 aromatic heterocycles. The second kappa shape index (κ2) is 4.51. The minimum Gasteiger partial charge on any atom is -0.398 e. The maximum Gasteiger partial charge on any atom is 0.245 e. The highest BCUT2D eigenvalue weighted by molar-refractivity contribution is 7.89. The number of nitrogens with zero attached hydrogens (tertiary/aromatic N) is 1. The van der Waals surface area contributed by atoms with E-state index < -0.39 is 15.8 Å². The second-order valence-electron chi connectivity index (χ2n) is 4.96. The van der Waals surface area contributed by atoms with Gasteiger partial charge >= 0.3 is 0 Å². The van der Waals surface area contributed by atoms with Crippen LogP contribution in [0, 0.1) is 17.7 Å². The monoisotopic (exact) mass is 272 g/mol. The van der Waals surface area contributed by atoms with E-state index in [1.807, 2.05) is 13.8 Å². The Balaban J connectivity index is 2.37. The van der Waals surface area contributed by atoms with Crippen molar-refractivity contribution in [1.29, 1.82) is 0 Å². The molecule has 2 atom stereocenters. The van der Waals surface area contributed by atoms with Gasteiger partial charge in [-0.25, -0.2) is 12.8 Å². The fraction of sp³-hybridized carbons (Fsp3) is 0.500. The third kappa shape index (κ3) is 2.22. The molecule has 2 unspecified atom stereocenters. The third-order valence-corrected chi connectivity index (χ3v) is 5.45. The lowest BCUT2D eigenvalue weighted by Crippen LogP contribution is -2.29. The zero-order valence-electron chi connectivity index (χ0n) is 10.4. The van der Waals surface area contributed by atoms with E-state index in [9.17, 15) is 12.8 Å². The first-order valence-electron chi connectivity index (χ1n) is 5.87. The molecule has 2 N–H and O–H groups in total. The Labute approximate surface area is 107 Å². The largest absolute Gasteiger partial charge is 0.398 e. The Morgan fingerprint density at radius 3 is 2.33 bits per heavy atom. The summed E-state index contributed by atoms with van der Waals surface area (Å²) >= 11 is 0. The van der Waals surface area contributed by atoms with Gasteiger partial charge in [0.1, 0.15) is 10.7 Å². The molecule has 2 rings (SSSR count). The van der Waals surface area contributed by atoms with Crippen LogP contribution in [0.5, 0.6) is 0 Å². The number of benzene rings is 1. The molecule has 1 aromatic carbocycles. The number of halogens is 1. The summed E-state index contributed by atoms with van der Waals surface area (Å²) in [6, 6.07) is 3.38. The van der Waals surface area contributed by atoms with E-state index >= 15 is 0 Å². The van der Waals surface area contributed by atoms with E-state index in [-0.39, 0.29) is 10.6 Å². The summed E-state index contributed by atoms with van der Waals surface area (Å²) in [5, 5.41) is 0. The average Bonchev–Trinajstić information content (AvgIpc) is 2.59. The molecule has 1 fully saturated rings. The molecule has 0 amide bonds. The Kier molecular flexibility index (Phi) is 3.33. The summed E-state index contributed by atoms with van der Waals surface area (Å²) < 4.78 is 39.1. The fourth-order valence-electron chi connectivity index (χ4n) is 2.17. The summed E-state index contributed by atoms with van der Waals surface area (Å²) in [5.74, 6) is 0.109. The normalized spacial score (nSPS) is 25.5. The van der Waals surface area contributed by atoms with E-state index in [4.69, 9.17) is 5.73 Å². The highest BCUT2D eigenvalue weighted by atomic mass is 32.2. The van der Waals surface area contributed by atoms with Gasteiger partial charge in [0.15, 0.2) is 0 Å². The number of hydrogen-bond donors (Lipinski definition) is 1. The average molecular weight is 272 g/mol. The molecule has 18 heavy (non-hydrogen) atoms. The molecular formula is C12H17FN2O2S. The van der Waals surface area contributed by atoms with Gasteiger partial charge in [0.2, 0.25) is 10.0 Å². The van der Waals surface area contributed by atoms with Crippen molar-refractivity contribution in [3.8, 4) is 0 Å². The van der Waals surface area contributed by atoms with E-state index in [0.29, 0.717) is 24.9 Å². The van der Waals surface area contributed by atoms with Gasteiger partial charge in [0.05, 0.1) is 5.69 Å². The van der Waals surface area contributed by atoms with Crippen LogP contribution >= 0.6 is 0 Å². The zero-order chi connectivity index (χ0) is 13.5. The zero-order valence-corrected chi connectivity index (χ0v) is 11.2. The van der Waals surface area contributed by atoms with Gasteiger partial charge in [0, 0.05) is 13.1 Å². The van der Waals surface area contributed by atoms with Crippen molar-refractivity contribution in [3.05, 3.63) is 24.0 Å². The van der Waals surface area contributed by atoms with Crippen LogP contribution in [-0.4, -0.2) is 25.8 Å². The number of nitrogen functional groups attached to an aromatic ring is 1.